The maximum atomic E-state index is 5.56. The minimum atomic E-state index is 0.580. The number of nitrogens with one attached hydrogen (secondary N) is 1. The van der Waals surface area contributed by atoms with E-state index in [1.54, 1.807) is 11.3 Å². The highest BCUT2D eigenvalue weighted by atomic mass is 32.1. The Balaban J connectivity index is 2.08. The minimum Gasteiger partial charge on any atom is -0.388 e. The molecule has 0 bridgehead atoms. The number of benzene rings is 1. The van der Waals surface area contributed by atoms with Crippen LogP contribution in [0.1, 0.15) is 15.4 Å². The summed E-state index contributed by atoms with van der Waals surface area (Å²) in [7, 11) is 1.92. The van der Waals surface area contributed by atoms with Gasteiger partial charge in [-0.3, -0.25) is 0 Å². The molecule has 1 heterocycles. The molecule has 0 saturated heterocycles. The molecular formula is C12H15N3S. The zero-order valence-corrected chi connectivity index (χ0v) is 10.1. The van der Waals surface area contributed by atoms with Gasteiger partial charge >= 0.3 is 0 Å². The van der Waals surface area contributed by atoms with Crippen molar-refractivity contribution in [1.82, 2.24) is 4.98 Å². The van der Waals surface area contributed by atoms with Gasteiger partial charge in [0.25, 0.3) is 0 Å². The first-order chi connectivity index (χ1) is 7.81. The SMILES string of the molecule is CNc1ccc(Cc2ncc(CN)s2)cc1. The third-order valence-electron chi connectivity index (χ3n) is 2.40. The van der Waals surface area contributed by atoms with Gasteiger partial charge in [0.15, 0.2) is 0 Å². The Kier molecular flexibility index (Phi) is 3.54. The van der Waals surface area contributed by atoms with E-state index in [1.807, 2.05) is 13.2 Å². The smallest absolute Gasteiger partial charge is 0.0971 e. The highest BCUT2D eigenvalue weighted by molar-refractivity contribution is 7.11. The van der Waals surface area contributed by atoms with Crippen LogP contribution in [0, 0.1) is 0 Å². The van der Waals surface area contributed by atoms with Crippen molar-refractivity contribution in [2.45, 2.75) is 13.0 Å². The average molecular weight is 233 g/mol. The molecule has 0 atom stereocenters. The molecule has 0 unspecified atom stereocenters. The number of nitrogens with two attached hydrogens (primary N) is 1. The van der Waals surface area contributed by atoms with Crippen molar-refractivity contribution >= 4 is 17.0 Å². The van der Waals surface area contributed by atoms with Gasteiger partial charge in [0, 0.05) is 36.8 Å². The first kappa shape index (κ1) is 11.1. The summed E-state index contributed by atoms with van der Waals surface area (Å²) in [6, 6.07) is 8.39. The Bertz CT molecular complexity index is 448. The van der Waals surface area contributed by atoms with E-state index in [0.29, 0.717) is 6.54 Å². The highest BCUT2D eigenvalue weighted by Gasteiger charge is 2.02. The third kappa shape index (κ3) is 2.59. The first-order valence-corrected chi connectivity index (χ1v) is 6.04. The Morgan fingerprint density at radius 1 is 1.31 bits per heavy atom. The number of hydrogen-bond acceptors (Lipinski definition) is 4. The van der Waals surface area contributed by atoms with E-state index in [1.165, 1.54) is 5.56 Å². The van der Waals surface area contributed by atoms with Gasteiger partial charge in [-0.05, 0) is 17.7 Å². The van der Waals surface area contributed by atoms with Crippen molar-refractivity contribution in [1.29, 1.82) is 0 Å². The molecule has 3 N–H and O–H groups in total. The molecule has 0 aliphatic rings. The van der Waals surface area contributed by atoms with Crippen molar-refractivity contribution < 1.29 is 0 Å². The Morgan fingerprint density at radius 3 is 2.62 bits per heavy atom. The lowest BCUT2D eigenvalue weighted by Crippen LogP contribution is -1.91. The zero-order valence-electron chi connectivity index (χ0n) is 9.23. The number of aromatic nitrogens is 1. The molecule has 16 heavy (non-hydrogen) atoms. The molecule has 0 fully saturated rings. The zero-order chi connectivity index (χ0) is 11.4. The van der Waals surface area contributed by atoms with Crippen molar-refractivity contribution in [3.05, 3.63) is 45.9 Å². The highest BCUT2D eigenvalue weighted by Crippen LogP contribution is 2.17. The molecule has 0 amide bonds. The fourth-order valence-electron chi connectivity index (χ4n) is 1.49. The van der Waals surface area contributed by atoms with Gasteiger partial charge in [-0.15, -0.1) is 11.3 Å². The predicted octanol–water partition coefficient (Wildman–Crippen LogP) is 2.23. The molecule has 0 radical (unpaired) electrons. The average Bonchev–Trinajstić information content (AvgIpc) is 2.78. The standard InChI is InChI=1S/C12H15N3S/c1-14-10-4-2-9(3-5-10)6-12-15-8-11(7-13)16-12/h2-5,8,14H,6-7,13H2,1H3. The van der Waals surface area contributed by atoms with E-state index in [-0.39, 0.29) is 0 Å². The lowest BCUT2D eigenvalue weighted by atomic mass is 10.1. The van der Waals surface area contributed by atoms with Crippen LogP contribution < -0.4 is 11.1 Å². The van der Waals surface area contributed by atoms with Crippen LogP contribution in [0.2, 0.25) is 0 Å². The Labute approximate surface area is 99.3 Å². The molecule has 4 heteroatoms. The van der Waals surface area contributed by atoms with E-state index in [0.717, 1.165) is 22.0 Å². The van der Waals surface area contributed by atoms with Crippen LogP contribution in [-0.2, 0) is 13.0 Å². The molecule has 1 aromatic heterocycles. The van der Waals surface area contributed by atoms with Gasteiger partial charge in [0.2, 0.25) is 0 Å². The third-order valence-corrected chi connectivity index (χ3v) is 3.42. The fraction of sp³-hybridized carbons (Fsp3) is 0.250. The number of hydrogen-bond donors (Lipinski definition) is 2. The first-order valence-electron chi connectivity index (χ1n) is 5.22. The predicted molar refractivity (Wildman–Crippen MR) is 68.8 cm³/mol. The van der Waals surface area contributed by atoms with Gasteiger partial charge in [-0.1, -0.05) is 12.1 Å². The fourth-order valence-corrected chi connectivity index (χ4v) is 2.32. The molecule has 2 rings (SSSR count). The van der Waals surface area contributed by atoms with E-state index in [2.05, 4.69) is 34.6 Å². The van der Waals surface area contributed by atoms with Gasteiger partial charge in [-0.2, -0.15) is 0 Å². The van der Waals surface area contributed by atoms with Crippen LogP contribution in [0.4, 0.5) is 5.69 Å². The number of anilines is 1. The number of thiazole rings is 1. The molecule has 0 saturated carbocycles. The minimum absolute atomic E-state index is 0.580. The summed E-state index contributed by atoms with van der Waals surface area (Å²) < 4.78 is 0. The van der Waals surface area contributed by atoms with Crippen molar-refractivity contribution in [2.24, 2.45) is 5.73 Å². The van der Waals surface area contributed by atoms with Crippen LogP contribution >= 0.6 is 11.3 Å². The number of rotatable bonds is 4. The van der Waals surface area contributed by atoms with Gasteiger partial charge in [0.05, 0.1) is 5.01 Å². The summed E-state index contributed by atoms with van der Waals surface area (Å²) in [5.41, 5.74) is 7.96. The maximum absolute atomic E-state index is 5.56. The molecule has 0 spiro atoms. The second-order valence-corrected chi connectivity index (χ2v) is 4.75. The molecule has 3 nitrogen and oxygen atoms in total. The topological polar surface area (TPSA) is 50.9 Å². The van der Waals surface area contributed by atoms with Crippen LogP contribution in [-0.4, -0.2) is 12.0 Å². The van der Waals surface area contributed by atoms with Gasteiger partial charge in [0.1, 0.15) is 0 Å². The van der Waals surface area contributed by atoms with Crippen molar-refractivity contribution in [3.8, 4) is 0 Å². The molecular weight excluding hydrogens is 218 g/mol. The summed E-state index contributed by atoms with van der Waals surface area (Å²) in [5.74, 6) is 0. The summed E-state index contributed by atoms with van der Waals surface area (Å²) in [6.45, 7) is 0.580. The molecule has 84 valence electrons. The van der Waals surface area contributed by atoms with Crippen molar-refractivity contribution in [3.63, 3.8) is 0 Å². The molecule has 2 aromatic rings. The van der Waals surface area contributed by atoms with E-state index >= 15 is 0 Å². The van der Waals surface area contributed by atoms with Gasteiger partial charge in [-0.25, -0.2) is 4.98 Å². The van der Waals surface area contributed by atoms with E-state index < -0.39 is 0 Å². The van der Waals surface area contributed by atoms with E-state index in [9.17, 15) is 0 Å². The second-order valence-electron chi connectivity index (χ2n) is 3.55. The lowest BCUT2D eigenvalue weighted by Gasteiger charge is -2.01. The van der Waals surface area contributed by atoms with Crippen LogP contribution in [0.5, 0.6) is 0 Å². The monoisotopic (exact) mass is 233 g/mol. The van der Waals surface area contributed by atoms with Crippen molar-refractivity contribution in [2.75, 3.05) is 12.4 Å². The molecule has 0 aliphatic heterocycles. The summed E-state index contributed by atoms with van der Waals surface area (Å²) in [6.07, 6.45) is 2.75. The van der Waals surface area contributed by atoms with E-state index in [4.69, 9.17) is 5.73 Å². The Hall–Kier alpha value is -1.39. The summed E-state index contributed by atoms with van der Waals surface area (Å²) >= 11 is 1.69. The van der Waals surface area contributed by atoms with Gasteiger partial charge < -0.3 is 11.1 Å². The Morgan fingerprint density at radius 2 is 2.06 bits per heavy atom. The molecule has 1 aromatic carbocycles. The van der Waals surface area contributed by atoms with Crippen LogP contribution in [0.25, 0.3) is 0 Å². The number of nitrogens with zero attached hydrogens (tertiary/aromatic N) is 1. The quantitative estimate of drug-likeness (QED) is 0.851. The summed E-state index contributed by atoms with van der Waals surface area (Å²) in [4.78, 5) is 5.49. The normalized spacial score (nSPS) is 10.4. The largest absolute Gasteiger partial charge is 0.388 e. The summed E-state index contributed by atoms with van der Waals surface area (Å²) in [5, 5.41) is 4.22. The van der Waals surface area contributed by atoms with Crippen LogP contribution in [0.15, 0.2) is 30.5 Å². The maximum Gasteiger partial charge on any atom is 0.0971 e. The lowest BCUT2D eigenvalue weighted by molar-refractivity contribution is 1.08. The second kappa shape index (κ2) is 5.09. The van der Waals surface area contributed by atoms with Crippen LogP contribution in [0.3, 0.4) is 0 Å². The molecule has 0 aliphatic carbocycles.